The summed E-state index contributed by atoms with van der Waals surface area (Å²) >= 11 is -0.668. The zero-order chi connectivity index (χ0) is 16.8. The van der Waals surface area contributed by atoms with Gasteiger partial charge in [-0.2, -0.15) is 0 Å². The number of nitrogens with one attached hydrogen (secondary N) is 1. The molecule has 2 rings (SSSR count). The predicted molar refractivity (Wildman–Crippen MR) is 94.7 cm³/mol. The molecule has 1 unspecified atom stereocenters. The molecular weight excluding hydrogens is 332 g/mol. The molecule has 0 fully saturated rings. The predicted octanol–water partition coefficient (Wildman–Crippen LogP) is 3.47. The standard InChI is InChI=1S/C16H20N2O3S2/c1-18(2)11-12-10-13(17-23(19)20)4-9-16(12)21-14-5-7-15(22-3)8-6-14/h4-10,17H,11H2,1-3H3,(H,19,20)/p-1. The highest BCUT2D eigenvalue weighted by molar-refractivity contribution is 7.98. The molecule has 23 heavy (non-hydrogen) atoms. The first kappa shape index (κ1) is 17.8. The molecule has 0 radical (unpaired) electrons. The van der Waals surface area contributed by atoms with Crippen molar-refractivity contribution in [3.63, 3.8) is 0 Å². The lowest BCUT2D eigenvalue weighted by Crippen LogP contribution is -2.12. The summed E-state index contributed by atoms with van der Waals surface area (Å²) in [5, 5.41) is 0. The quantitative estimate of drug-likeness (QED) is 0.611. The molecule has 0 aliphatic rings. The summed E-state index contributed by atoms with van der Waals surface area (Å²) in [6.07, 6.45) is 2.02. The minimum Gasteiger partial charge on any atom is -0.755 e. The van der Waals surface area contributed by atoms with Gasteiger partial charge in [-0.25, -0.2) is 0 Å². The summed E-state index contributed by atoms with van der Waals surface area (Å²) in [5.41, 5.74) is 1.42. The Morgan fingerprint density at radius 3 is 2.48 bits per heavy atom. The van der Waals surface area contributed by atoms with Crippen molar-refractivity contribution in [2.24, 2.45) is 0 Å². The van der Waals surface area contributed by atoms with Crippen LogP contribution in [0.15, 0.2) is 47.4 Å². The number of benzene rings is 2. The van der Waals surface area contributed by atoms with Gasteiger partial charge >= 0.3 is 0 Å². The van der Waals surface area contributed by atoms with Gasteiger partial charge in [-0.3, -0.25) is 4.21 Å². The summed E-state index contributed by atoms with van der Waals surface area (Å²) in [5.74, 6) is 1.45. The molecule has 124 valence electrons. The van der Waals surface area contributed by atoms with E-state index in [1.807, 2.05) is 49.5 Å². The van der Waals surface area contributed by atoms with Crippen molar-refractivity contribution in [2.45, 2.75) is 11.4 Å². The Morgan fingerprint density at radius 1 is 1.22 bits per heavy atom. The van der Waals surface area contributed by atoms with Crippen molar-refractivity contribution in [3.05, 3.63) is 48.0 Å². The Bertz CT molecular complexity index is 676. The number of anilines is 1. The molecule has 0 bridgehead atoms. The van der Waals surface area contributed by atoms with Gasteiger partial charge in [0.05, 0.1) is 0 Å². The fraction of sp³-hybridized carbons (Fsp3) is 0.250. The summed E-state index contributed by atoms with van der Waals surface area (Å²) in [4.78, 5) is 3.17. The smallest absolute Gasteiger partial charge is 0.132 e. The average molecular weight is 351 g/mol. The summed E-state index contributed by atoms with van der Waals surface area (Å²) < 4.78 is 29.9. The van der Waals surface area contributed by atoms with Gasteiger partial charge in [0.15, 0.2) is 0 Å². The molecule has 0 amide bonds. The zero-order valence-corrected chi connectivity index (χ0v) is 14.9. The molecule has 0 saturated heterocycles. The van der Waals surface area contributed by atoms with Crippen LogP contribution in [0.3, 0.4) is 0 Å². The van der Waals surface area contributed by atoms with Crippen molar-refractivity contribution >= 4 is 28.7 Å². The fourth-order valence-corrected chi connectivity index (χ4v) is 2.80. The van der Waals surface area contributed by atoms with Crippen LogP contribution in [0.2, 0.25) is 0 Å². The van der Waals surface area contributed by atoms with Crippen LogP contribution in [0.25, 0.3) is 0 Å². The second-order valence-corrected chi connectivity index (χ2v) is 6.73. The van der Waals surface area contributed by atoms with Gasteiger partial charge in [-0.15, -0.1) is 11.8 Å². The van der Waals surface area contributed by atoms with Crippen LogP contribution >= 0.6 is 11.8 Å². The molecule has 1 atom stereocenters. The van der Waals surface area contributed by atoms with Gasteiger partial charge in [0.1, 0.15) is 11.5 Å². The number of hydrogen-bond donors (Lipinski definition) is 1. The lowest BCUT2D eigenvalue weighted by molar-refractivity contribution is 0.388. The van der Waals surface area contributed by atoms with Crippen molar-refractivity contribution in [2.75, 3.05) is 25.1 Å². The normalized spacial score (nSPS) is 12.2. The summed E-state index contributed by atoms with van der Waals surface area (Å²) in [6, 6.07) is 13.1. The lowest BCUT2D eigenvalue weighted by Gasteiger charge is -2.17. The highest BCUT2D eigenvalue weighted by Crippen LogP contribution is 2.30. The average Bonchev–Trinajstić information content (AvgIpc) is 2.49. The van der Waals surface area contributed by atoms with Crippen molar-refractivity contribution in [1.82, 2.24) is 4.90 Å². The Labute approximate surface area is 143 Å². The molecule has 2 aromatic rings. The highest BCUT2D eigenvalue weighted by atomic mass is 32.2. The van der Waals surface area contributed by atoms with E-state index >= 15 is 0 Å². The van der Waals surface area contributed by atoms with E-state index in [1.54, 1.807) is 30.0 Å². The van der Waals surface area contributed by atoms with E-state index in [9.17, 15) is 8.76 Å². The van der Waals surface area contributed by atoms with Gasteiger partial charge in [0, 0.05) is 34.0 Å². The van der Waals surface area contributed by atoms with E-state index in [-0.39, 0.29) is 0 Å². The molecule has 0 heterocycles. The van der Waals surface area contributed by atoms with Crippen LogP contribution in [0.5, 0.6) is 11.5 Å². The van der Waals surface area contributed by atoms with Crippen LogP contribution in [0.4, 0.5) is 5.69 Å². The van der Waals surface area contributed by atoms with Crippen molar-refractivity contribution in [3.8, 4) is 11.5 Å². The Hall–Kier alpha value is -1.54. The molecule has 0 aromatic heterocycles. The molecule has 1 N–H and O–H groups in total. The summed E-state index contributed by atoms with van der Waals surface area (Å²) in [7, 11) is 3.89. The number of hydrogen-bond acceptors (Lipinski definition) is 5. The van der Waals surface area contributed by atoms with E-state index in [0.717, 1.165) is 11.3 Å². The van der Waals surface area contributed by atoms with Crippen molar-refractivity contribution < 1.29 is 13.5 Å². The van der Waals surface area contributed by atoms with Crippen LogP contribution in [-0.4, -0.2) is 34.0 Å². The van der Waals surface area contributed by atoms with Crippen LogP contribution < -0.4 is 9.46 Å². The van der Waals surface area contributed by atoms with Gasteiger partial charge in [0.2, 0.25) is 0 Å². The maximum Gasteiger partial charge on any atom is 0.132 e. The number of rotatable bonds is 7. The van der Waals surface area contributed by atoms with Gasteiger partial charge in [-0.1, -0.05) is 0 Å². The number of ether oxygens (including phenoxy) is 1. The third-order valence-corrected chi connectivity index (χ3v) is 4.18. The Kier molecular flexibility index (Phi) is 6.47. The van der Waals surface area contributed by atoms with Gasteiger partial charge in [0.25, 0.3) is 0 Å². The topological polar surface area (TPSA) is 64.6 Å². The van der Waals surface area contributed by atoms with Crippen LogP contribution in [0, 0.1) is 0 Å². The molecule has 7 heteroatoms. The first-order chi connectivity index (χ1) is 11.0. The van der Waals surface area contributed by atoms with E-state index in [2.05, 4.69) is 4.72 Å². The van der Waals surface area contributed by atoms with Gasteiger partial charge in [-0.05, 0) is 62.8 Å². The van der Waals surface area contributed by atoms with E-state index in [4.69, 9.17) is 4.74 Å². The molecule has 5 nitrogen and oxygen atoms in total. The number of nitrogens with zero attached hydrogens (tertiary/aromatic N) is 1. The highest BCUT2D eigenvalue weighted by Gasteiger charge is 2.08. The second kappa shape index (κ2) is 8.35. The Balaban J connectivity index is 2.25. The molecular formula is C16H19N2O3S2-. The first-order valence-corrected chi connectivity index (χ1v) is 9.23. The summed E-state index contributed by atoms with van der Waals surface area (Å²) in [6.45, 7) is 0.638. The number of thioether (sulfide) groups is 1. The molecule has 0 spiro atoms. The second-order valence-electron chi connectivity index (χ2n) is 5.17. The molecule has 2 aromatic carbocycles. The largest absolute Gasteiger partial charge is 0.755 e. The van der Waals surface area contributed by atoms with E-state index in [1.165, 1.54) is 4.90 Å². The monoisotopic (exact) mass is 351 g/mol. The fourth-order valence-electron chi connectivity index (χ4n) is 2.07. The third kappa shape index (κ3) is 5.54. The molecule has 0 aliphatic heterocycles. The van der Waals surface area contributed by atoms with Crippen LogP contribution in [0.1, 0.15) is 5.56 Å². The van der Waals surface area contributed by atoms with E-state index < -0.39 is 11.3 Å². The molecule has 0 aliphatic carbocycles. The van der Waals surface area contributed by atoms with Crippen molar-refractivity contribution in [1.29, 1.82) is 0 Å². The first-order valence-electron chi connectivity index (χ1n) is 6.93. The molecule has 0 saturated carbocycles. The van der Waals surface area contributed by atoms with Crippen LogP contribution in [-0.2, 0) is 17.8 Å². The maximum absolute atomic E-state index is 10.8. The lowest BCUT2D eigenvalue weighted by atomic mass is 10.1. The zero-order valence-electron chi connectivity index (χ0n) is 13.2. The van der Waals surface area contributed by atoms with Gasteiger partial charge < -0.3 is 18.9 Å². The van der Waals surface area contributed by atoms with E-state index in [0.29, 0.717) is 18.0 Å². The minimum atomic E-state index is -2.34. The minimum absolute atomic E-state index is 0.514. The SMILES string of the molecule is CSc1ccc(Oc2ccc(NS(=O)[O-])cc2CN(C)C)cc1. The third-order valence-electron chi connectivity index (χ3n) is 3.04. The maximum atomic E-state index is 10.8. The Morgan fingerprint density at radius 2 is 1.91 bits per heavy atom.